The standard InChI is InChI=1S/C20H28N6O/c27-20(19-15-26(24-23-19)17-8-10-21-11-9-17)22-16-6-5-7-18(14-16)25-12-3-1-2-4-13-25/h5-7,14-15,17,21H,1-4,8-13H2,(H,22,27). The molecule has 0 bridgehead atoms. The fourth-order valence-electron chi connectivity index (χ4n) is 3.93. The number of carbonyl (C=O) groups is 1. The zero-order valence-corrected chi connectivity index (χ0v) is 15.7. The van der Waals surface area contributed by atoms with Crippen LogP contribution in [-0.4, -0.2) is 47.1 Å². The van der Waals surface area contributed by atoms with Crippen molar-refractivity contribution in [3.8, 4) is 0 Å². The zero-order valence-electron chi connectivity index (χ0n) is 15.7. The third-order valence-corrected chi connectivity index (χ3v) is 5.50. The molecule has 3 heterocycles. The molecule has 1 aromatic carbocycles. The SMILES string of the molecule is O=C(Nc1cccc(N2CCCCCC2)c1)c1cn(C2CCNCC2)nn1. The van der Waals surface area contributed by atoms with Crippen LogP contribution >= 0.6 is 0 Å². The van der Waals surface area contributed by atoms with Crippen molar-refractivity contribution in [3.05, 3.63) is 36.2 Å². The summed E-state index contributed by atoms with van der Waals surface area (Å²) in [4.78, 5) is 15.0. The number of hydrogen-bond donors (Lipinski definition) is 2. The highest BCUT2D eigenvalue weighted by Crippen LogP contribution is 2.23. The Hall–Kier alpha value is -2.41. The van der Waals surface area contributed by atoms with Gasteiger partial charge in [-0.15, -0.1) is 5.10 Å². The maximum Gasteiger partial charge on any atom is 0.277 e. The van der Waals surface area contributed by atoms with Crippen LogP contribution in [0.3, 0.4) is 0 Å². The summed E-state index contributed by atoms with van der Waals surface area (Å²) in [6, 6.07) is 8.43. The number of amides is 1. The molecule has 0 aliphatic carbocycles. The first kappa shape index (κ1) is 18.0. The average molecular weight is 368 g/mol. The summed E-state index contributed by atoms with van der Waals surface area (Å²) in [6.07, 6.45) is 8.88. The van der Waals surface area contributed by atoms with E-state index in [2.05, 4.69) is 38.0 Å². The van der Waals surface area contributed by atoms with E-state index in [1.54, 1.807) is 6.20 Å². The summed E-state index contributed by atoms with van der Waals surface area (Å²) in [5.74, 6) is -0.205. The summed E-state index contributed by atoms with van der Waals surface area (Å²) in [5, 5.41) is 14.6. The lowest BCUT2D eigenvalue weighted by Crippen LogP contribution is -2.29. The van der Waals surface area contributed by atoms with Gasteiger partial charge in [0.05, 0.1) is 12.2 Å². The van der Waals surface area contributed by atoms with Gasteiger partial charge >= 0.3 is 0 Å². The highest BCUT2D eigenvalue weighted by atomic mass is 16.2. The van der Waals surface area contributed by atoms with Crippen molar-refractivity contribution in [1.29, 1.82) is 0 Å². The van der Waals surface area contributed by atoms with E-state index in [0.717, 1.165) is 44.7 Å². The summed E-state index contributed by atoms with van der Waals surface area (Å²) in [6.45, 7) is 4.13. The van der Waals surface area contributed by atoms with Crippen molar-refractivity contribution >= 4 is 17.3 Å². The van der Waals surface area contributed by atoms with E-state index in [9.17, 15) is 4.79 Å². The molecule has 7 nitrogen and oxygen atoms in total. The molecule has 4 rings (SSSR count). The second-order valence-electron chi connectivity index (χ2n) is 7.47. The molecule has 2 saturated heterocycles. The first-order chi connectivity index (χ1) is 13.3. The lowest BCUT2D eigenvalue weighted by molar-refractivity contribution is 0.102. The number of rotatable bonds is 4. The van der Waals surface area contributed by atoms with Crippen molar-refractivity contribution < 1.29 is 4.79 Å². The van der Waals surface area contributed by atoms with Gasteiger partial charge < -0.3 is 15.5 Å². The molecular weight excluding hydrogens is 340 g/mol. The number of nitrogens with zero attached hydrogens (tertiary/aromatic N) is 4. The van der Waals surface area contributed by atoms with Crippen LogP contribution in [0.5, 0.6) is 0 Å². The Morgan fingerprint density at radius 3 is 2.67 bits per heavy atom. The smallest absolute Gasteiger partial charge is 0.277 e. The highest BCUT2D eigenvalue weighted by Gasteiger charge is 2.19. The van der Waals surface area contributed by atoms with Gasteiger partial charge in [0.15, 0.2) is 5.69 Å². The van der Waals surface area contributed by atoms with E-state index in [0.29, 0.717) is 11.7 Å². The van der Waals surface area contributed by atoms with Crippen molar-refractivity contribution in [3.63, 3.8) is 0 Å². The van der Waals surface area contributed by atoms with Crippen molar-refractivity contribution in [2.75, 3.05) is 36.4 Å². The zero-order chi connectivity index (χ0) is 18.5. The lowest BCUT2D eigenvalue weighted by atomic mass is 10.1. The van der Waals surface area contributed by atoms with Crippen LogP contribution in [0.1, 0.15) is 55.1 Å². The van der Waals surface area contributed by atoms with Crippen LogP contribution in [-0.2, 0) is 0 Å². The molecule has 144 valence electrons. The molecule has 2 aliphatic rings. The van der Waals surface area contributed by atoms with Crippen molar-refractivity contribution in [1.82, 2.24) is 20.3 Å². The van der Waals surface area contributed by atoms with E-state index in [1.807, 2.05) is 16.8 Å². The third kappa shape index (κ3) is 4.47. The topological polar surface area (TPSA) is 75.1 Å². The highest BCUT2D eigenvalue weighted by molar-refractivity contribution is 6.02. The molecule has 0 spiro atoms. The molecule has 1 amide bonds. The van der Waals surface area contributed by atoms with Crippen LogP contribution in [0.15, 0.2) is 30.5 Å². The van der Waals surface area contributed by atoms with E-state index in [4.69, 9.17) is 0 Å². The van der Waals surface area contributed by atoms with Gasteiger partial charge in [0.25, 0.3) is 5.91 Å². The third-order valence-electron chi connectivity index (χ3n) is 5.50. The number of benzene rings is 1. The summed E-state index contributed by atoms with van der Waals surface area (Å²) in [5.41, 5.74) is 2.35. The Balaban J connectivity index is 1.42. The molecular formula is C20H28N6O. The Kier molecular flexibility index (Phi) is 5.67. The van der Waals surface area contributed by atoms with Crippen molar-refractivity contribution in [2.24, 2.45) is 0 Å². The number of hydrogen-bond acceptors (Lipinski definition) is 5. The minimum absolute atomic E-state index is 0.205. The molecule has 27 heavy (non-hydrogen) atoms. The van der Waals surface area contributed by atoms with Gasteiger partial charge in [-0.1, -0.05) is 24.1 Å². The van der Waals surface area contributed by atoms with Crippen molar-refractivity contribution in [2.45, 2.75) is 44.6 Å². The molecule has 0 unspecified atom stereocenters. The maximum atomic E-state index is 12.6. The Morgan fingerprint density at radius 1 is 1.11 bits per heavy atom. The first-order valence-electron chi connectivity index (χ1n) is 10.1. The quantitative estimate of drug-likeness (QED) is 0.868. The largest absolute Gasteiger partial charge is 0.371 e. The minimum atomic E-state index is -0.205. The van der Waals surface area contributed by atoms with Crippen LogP contribution in [0, 0.1) is 0 Å². The fraction of sp³-hybridized carbons (Fsp3) is 0.550. The maximum absolute atomic E-state index is 12.6. The van der Waals surface area contributed by atoms with E-state index < -0.39 is 0 Å². The average Bonchev–Trinajstić information content (AvgIpc) is 3.05. The van der Waals surface area contributed by atoms with Crippen LogP contribution < -0.4 is 15.5 Å². The molecule has 7 heteroatoms. The Morgan fingerprint density at radius 2 is 1.89 bits per heavy atom. The van der Waals surface area contributed by atoms with Crippen LogP contribution in [0.2, 0.25) is 0 Å². The van der Waals surface area contributed by atoms with Gasteiger partial charge in [-0.25, -0.2) is 4.68 Å². The normalized spacial score (nSPS) is 18.9. The molecule has 2 N–H and O–H groups in total. The monoisotopic (exact) mass is 368 g/mol. The van der Waals surface area contributed by atoms with Gasteiger partial charge in [-0.2, -0.15) is 0 Å². The summed E-state index contributed by atoms with van der Waals surface area (Å²) in [7, 11) is 0. The van der Waals surface area contributed by atoms with E-state index >= 15 is 0 Å². The van der Waals surface area contributed by atoms with Gasteiger partial charge in [0.2, 0.25) is 0 Å². The summed E-state index contributed by atoms with van der Waals surface area (Å²) < 4.78 is 1.84. The molecule has 2 fully saturated rings. The predicted molar refractivity (Wildman–Crippen MR) is 106 cm³/mol. The fourth-order valence-corrected chi connectivity index (χ4v) is 3.93. The Labute approximate surface area is 160 Å². The molecule has 0 atom stereocenters. The molecule has 0 saturated carbocycles. The molecule has 2 aromatic rings. The first-order valence-corrected chi connectivity index (χ1v) is 10.1. The van der Waals surface area contributed by atoms with Gasteiger partial charge in [-0.3, -0.25) is 4.79 Å². The predicted octanol–water partition coefficient (Wildman–Crippen LogP) is 2.84. The Bertz CT molecular complexity index is 759. The van der Waals surface area contributed by atoms with Crippen LogP contribution in [0.25, 0.3) is 0 Å². The number of carbonyl (C=O) groups excluding carboxylic acids is 1. The summed E-state index contributed by atoms with van der Waals surface area (Å²) >= 11 is 0. The van der Waals surface area contributed by atoms with Crippen LogP contribution in [0.4, 0.5) is 11.4 Å². The lowest BCUT2D eigenvalue weighted by Gasteiger charge is -2.23. The molecule has 0 radical (unpaired) electrons. The molecule has 1 aromatic heterocycles. The van der Waals surface area contributed by atoms with Gasteiger partial charge in [-0.05, 0) is 57.0 Å². The van der Waals surface area contributed by atoms with Gasteiger partial charge in [0, 0.05) is 24.5 Å². The number of aromatic nitrogens is 3. The minimum Gasteiger partial charge on any atom is -0.371 e. The number of piperidine rings is 1. The second-order valence-corrected chi connectivity index (χ2v) is 7.47. The second kappa shape index (κ2) is 8.52. The van der Waals surface area contributed by atoms with E-state index in [-0.39, 0.29) is 5.91 Å². The number of anilines is 2. The van der Waals surface area contributed by atoms with Gasteiger partial charge in [0.1, 0.15) is 0 Å². The van der Waals surface area contributed by atoms with E-state index in [1.165, 1.54) is 31.4 Å². The number of nitrogens with one attached hydrogen (secondary N) is 2. The molecule has 2 aliphatic heterocycles.